The molecule has 2 rings (SSSR count). The topological polar surface area (TPSA) is 35.5 Å². The molecule has 1 aromatic rings. The first-order chi connectivity index (χ1) is 9.79. The first-order valence-electron chi connectivity index (χ1n) is 7.00. The minimum atomic E-state index is -0.632. The second-order valence-electron chi connectivity index (χ2n) is 4.85. The van der Waals surface area contributed by atoms with Gasteiger partial charge in [0, 0.05) is 6.42 Å². The molecule has 3 nitrogen and oxygen atoms in total. The summed E-state index contributed by atoms with van der Waals surface area (Å²) in [7, 11) is 0. The Morgan fingerprint density at radius 3 is 2.70 bits per heavy atom. The molecule has 0 heterocycles. The molecule has 0 fully saturated rings. The second kappa shape index (κ2) is 7.53. The van der Waals surface area contributed by atoms with Gasteiger partial charge in [-0.1, -0.05) is 43.0 Å². The van der Waals surface area contributed by atoms with Crippen molar-refractivity contribution >= 4 is 6.16 Å². The summed E-state index contributed by atoms with van der Waals surface area (Å²) in [6.07, 6.45) is 5.74. The first-order valence-corrected chi connectivity index (χ1v) is 7.00. The summed E-state index contributed by atoms with van der Waals surface area (Å²) in [5, 5.41) is 0. The molecule has 0 atom stereocenters. The molecule has 0 aromatic heterocycles. The van der Waals surface area contributed by atoms with E-state index in [-0.39, 0.29) is 6.61 Å². The Bertz CT molecular complexity index is 488. The molecular formula is C17H20O3. The highest BCUT2D eigenvalue weighted by Gasteiger charge is 2.18. The van der Waals surface area contributed by atoms with Gasteiger partial charge in [0.2, 0.25) is 0 Å². The lowest BCUT2D eigenvalue weighted by atomic mass is 9.92. The Morgan fingerprint density at radius 2 is 1.95 bits per heavy atom. The van der Waals surface area contributed by atoms with Crippen LogP contribution in [0.3, 0.4) is 0 Å². The van der Waals surface area contributed by atoms with Gasteiger partial charge in [0.25, 0.3) is 0 Å². The lowest BCUT2D eigenvalue weighted by Gasteiger charge is -2.19. The predicted molar refractivity (Wildman–Crippen MR) is 78.3 cm³/mol. The maximum atomic E-state index is 11.5. The Hall–Kier alpha value is -2.03. The molecule has 0 saturated heterocycles. The SMILES string of the molecule is C=CCOC(=O)OC1=C(Cc2ccccc2)CCCC1. The standard InChI is InChI=1S/C17H20O3/c1-2-12-19-17(18)20-16-11-7-6-10-15(16)13-14-8-4-3-5-9-14/h2-5,8-9H,1,6-7,10-13H2. The summed E-state index contributed by atoms with van der Waals surface area (Å²) < 4.78 is 10.2. The molecule has 0 bridgehead atoms. The fraction of sp³-hybridized carbons (Fsp3) is 0.353. The Kier molecular flexibility index (Phi) is 5.42. The fourth-order valence-electron chi connectivity index (χ4n) is 2.35. The van der Waals surface area contributed by atoms with E-state index in [4.69, 9.17) is 9.47 Å². The number of hydrogen-bond acceptors (Lipinski definition) is 3. The summed E-state index contributed by atoms with van der Waals surface area (Å²) in [5.74, 6) is 0.786. The molecule has 0 unspecified atom stereocenters. The van der Waals surface area contributed by atoms with Crippen LogP contribution >= 0.6 is 0 Å². The van der Waals surface area contributed by atoms with Gasteiger partial charge in [0.05, 0.1) is 0 Å². The molecule has 1 aliphatic carbocycles. The highest BCUT2D eigenvalue weighted by atomic mass is 16.7. The van der Waals surface area contributed by atoms with Crippen molar-refractivity contribution in [2.24, 2.45) is 0 Å². The third-order valence-corrected chi connectivity index (χ3v) is 3.31. The van der Waals surface area contributed by atoms with Crippen LogP contribution < -0.4 is 0 Å². The van der Waals surface area contributed by atoms with Crippen LogP contribution in [0.15, 0.2) is 54.3 Å². The lowest BCUT2D eigenvalue weighted by Crippen LogP contribution is -2.12. The van der Waals surface area contributed by atoms with E-state index in [0.29, 0.717) is 0 Å². The Labute approximate surface area is 119 Å². The monoisotopic (exact) mass is 272 g/mol. The van der Waals surface area contributed by atoms with Crippen molar-refractivity contribution in [1.82, 2.24) is 0 Å². The predicted octanol–water partition coefficient (Wildman–Crippen LogP) is 4.40. The van der Waals surface area contributed by atoms with Gasteiger partial charge in [0.1, 0.15) is 12.4 Å². The van der Waals surface area contributed by atoms with Crippen molar-refractivity contribution in [2.45, 2.75) is 32.1 Å². The van der Waals surface area contributed by atoms with Crippen molar-refractivity contribution in [1.29, 1.82) is 0 Å². The number of carbonyl (C=O) groups is 1. The zero-order chi connectivity index (χ0) is 14.2. The molecule has 20 heavy (non-hydrogen) atoms. The molecule has 106 valence electrons. The molecule has 3 heteroatoms. The normalized spacial score (nSPS) is 14.8. The van der Waals surface area contributed by atoms with E-state index < -0.39 is 6.16 Å². The maximum Gasteiger partial charge on any atom is 0.513 e. The van der Waals surface area contributed by atoms with E-state index in [1.54, 1.807) is 0 Å². The van der Waals surface area contributed by atoms with Gasteiger partial charge in [-0.25, -0.2) is 4.79 Å². The molecule has 0 spiro atoms. The maximum absolute atomic E-state index is 11.5. The van der Waals surface area contributed by atoms with Crippen LogP contribution in [0.4, 0.5) is 4.79 Å². The van der Waals surface area contributed by atoms with Crippen molar-refractivity contribution in [3.05, 3.63) is 59.9 Å². The molecule has 0 saturated carbocycles. The molecule has 1 aliphatic rings. The van der Waals surface area contributed by atoms with Gasteiger partial charge >= 0.3 is 6.16 Å². The number of carbonyl (C=O) groups excluding carboxylic acids is 1. The zero-order valence-corrected chi connectivity index (χ0v) is 11.6. The highest BCUT2D eigenvalue weighted by Crippen LogP contribution is 2.28. The van der Waals surface area contributed by atoms with Gasteiger partial charge < -0.3 is 9.47 Å². The van der Waals surface area contributed by atoms with E-state index in [9.17, 15) is 4.79 Å². The van der Waals surface area contributed by atoms with E-state index in [2.05, 4.69) is 18.7 Å². The molecule has 0 amide bonds. The Balaban J connectivity index is 2.04. The smallest absolute Gasteiger partial charge is 0.430 e. The van der Waals surface area contributed by atoms with Crippen molar-refractivity contribution in [3.63, 3.8) is 0 Å². The number of rotatable bonds is 5. The van der Waals surface area contributed by atoms with E-state index in [0.717, 1.165) is 37.9 Å². The van der Waals surface area contributed by atoms with Crippen molar-refractivity contribution < 1.29 is 14.3 Å². The molecular weight excluding hydrogens is 252 g/mol. The van der Waals surface area contributed by atoms with Gasteiger partial charge in [0.15, 0.2) is 0 Å². The van der Waals surface area contributed by atoms with E-state index in [1.165, 1.54) is 17.2 Å². The highest BCUT2D eigenvalue weighted by molar-refractivity contribution is 5.61. The third-order valence-electron chi connectivity index (χ3n) is 3.31. The summed E-state index contributed by atoms with van der Waals surface area (Å²) in [6.45, 7) is 3.69. The first kappa shape index (κ1) is 14.4. The number of allylic oxidation sites excluding steroid dienone is 2. The zero-order valence-electron chi connectivity index (χ0n) is 11.6. The summed E-state index contributed by atoms with van der Waals surface area (Å²) in [5.41, 5.74) is 2.45. The average Bonchev–Trinajstić information content (AvgIpc) is 2.48. The third kappa shape index (κ3) is 4.26. The van der Waals surface area contributed by atoms with Gasteiger partial charge in [-0.05, 0) is 36.8 Å². The summed E-state index contributed by atoms with van der Waals surface area (Å²) in [4.78, 5) is 11.5. The van der Waals surface area contributed by atoms with Crippen LogP contribution in [0.25, 0.3) is 0 Å². The van der Waals surface area contributed by atoms with Crippen LogP contribution in [-0.4, -0.2) is 12.8 Å². The van der Waals surface area contributed by atoms with Gasteiger partial charge in [-0.2, -0.15) is 0 Å². The number of benzene rings is 1. The Morgan fingerprint density at radius 1 is 1.20 bits per heavy atom. The quantitative estimate of drug-likeness (QED) is 0.589. The van der Waals surface area contributed by atoms with Crippen LogP contribution in [-0.2, 0) is 15.9 Å². The molecule has 0 radical (unpaired) electrons. The number of ether oxygens (including phenoxy) is 2. The lowest BCUT2D eigenvalue weighted by molar-refractivity contribution is 0.0818. The van der Waals surface area contributed by atoms with Crippen LogP contribution in [0.1, 0.15) is 31.2 Å². The molecule has 0 N–H and O–H groups in total. The minimum absolute atomic E-state index is 0.181. The minimum Gasteiger partial charge on any atom is -0.430 e. The average molecular weight is 272 g/mol. The second-order valence-corrected chi connectivity index (χ2v) is 4.85. The molecule has 0 aliphatic heterocycles. The van der Waals surface area contributed by atoms with Crippen LogP contribution in [0, 0.1) is 0 Å². The van der Waals surface area contributed by atoms with E-state index >= 15 is 0 Å². The van der Waals surface area contributed by atoms with E-state index in [1.807, 2.05) is 18.2 Å². The summed E-state index contributed by atoms with van der Waals surface area (Å²) in [6, 6.07) is 10.2. The van der Waals surface area contributed by atoms with Crippen LogP contribution in [0.2, 0.25) is 0 Å². The van der Waals surface area contributed by atoms with Gasteiger partial charge in [-0.3, -0.25) is 0 Å². The summed E-state index contributed by atoms with van der Waals surface area (Å²) >= 11 is 0. The fourth-order valence-corrected chi connectivity index (χ4v) is 2.35. The van der Waals surface area contributed by atoms with Crippen LogP contribution in [0.5, 0.6) is 0 Å². The van der Waals surface area contributed by atoms with Gasteiger partial charge in [-0.15, -0.1) is 0 Å². The largest absolute Gasteiger partial charge is 0.513 e. The van der Waals surface area contributed by atoms with Crippen molar-refractivity contribution in [3.8, 4) is 0 Å². The van der Waals surface area contributed by atoms with Crippen molar-refractivity contribution in [2.75, 3.05) is 6.61 Å². The molecule has 1 aromatic carbocycles. The number of hydrogen-bond donors (Lipinski definition) is 0.